The van der Waals surface area contributed by atoms with Gasteiger partial charge in [0.15, 0.2) is 0 Å². The maximum Gasteiger partial charge on any atom is 0.264 e. The average molecular weight is 445 g/mol. The lowest BCUT2D eigenvalue weighted by Gasteiger charge is -2.28. The smallest absolute Gasteiger partial charge is 0.264 e. The second-order valence-corrected chi connectivity index (χ2v) is 9.99. The zero-order valence-electron chi connectivity index (χ0n) is 17.0. The molecule has 3 aromatic rings. The number of carbonyl (C=O) groups is 1. The third kappa shape index (κ3) is 4.04. The van der Waals surface area contributed by atoms with Crippen molar-refractivity contribution in [2.24, 2.45) is 0 Å². The minimum atomic E-state index is -3.96. The third-order valence-electron chi connectivity index (χ3n) is 5.37. The maximum atomic E-state index is 13.2. The molecule has 2 aromatic carbocycles. The van der Waals surface area contributed by atoms with E-state index in [-0.39, 0.29) is 16.7 Å². The number of amides is 1. The Labute approximate surface area is 180 Å². The predicted molar refractivity (Wildman–Crippen MR) is 119 cm³/mol. The summed E-state index contributed by atoms with van der Waals surface area (Å²) in [6.07, 6.45) is 3.05. The van der Waals surface area contributed by atoms with Gasteiger partial charge in [-0.1, -0.05) is 26.0 Å². The molecule has 1 aliphatic rings. The fourth-order valence-electron chi connectivity index (χ4n) is 3.66. The number of likely N-dealkylation sites (tertiary alicyclic amines) is 1. The number of hydrogen-bond acceptors (Lipinski definition) is 6. The molecule has 2 heterocycles. The van der Waals surface area contributed by atoms with Crippen LogP contribution in [-0.4, -0.2) is 41.1 Å². The van der Waals surface area contributed by atoms with Crippen molar-refractivity contribution in [1.29, 1.82) is 0 Å². The van der Waals surface area contributed by atoms with E-state index in [1.54, 1.807) is 29.2 Å². The topological polar surface area (TPSA) is 92.3 Å². The highest BCUT2D eigenvalue weighted by molar-refractivity contribution is 7.93. The minimum absolute atomic E-state index is 0.0556. The highest BCUT2D eigenvalue weighted by Gasteiger charge is 2.25. The zero-order chi connectivity index (χ0) is 21.3. The Balaban J connectivity index is 1.75. The molecule has 4 rings (SSSR count). The van der Waals surface area contributed by atoms with Gasteiger partial charge >= 0.3 is 0 Å². The maximum absolute atomic E-state index is 13.2. The van der Waals surface area contributed by atoms with E-state index in [0.29, 0.717) is 35.4 Å². The van der Waals surface area contributed by atoms with Crippen molar-refractivity contribution in [2.45, 2.75) is 43.9 Å². The zero-order valence-corrected chi connectivity index (χ0v) is 18.6. The number of sulfonamides is 1. The summed E-state index contributed by atoms with van der Waals surface area (Å²) in [6.45, 7) is 5.45. The molecule has 1 N–H and O–H groups in total. The van der Waals surface area contributed by atoms with Crippen LogP contribution >= 0.6 is 11.7 Å². The number of nitrogens with one attached hydrogen (secondary N) is 1. The van der Waals surface area contributed by atoms with Gasteiger partial charge in [0.2, 0.25) is 0 Å². The van der Waals surface area contributed by atoms with Crippen molar-refractivity contribution >= 4 is 44.4 Å². The molecule has 0 atom stereocenters. The van der Waals surface area contributed by atoms with E-state index < -0.39 is 10.0 Å². The lowest BCUT2D eigenvalue weighted by atomic mass is 9.99. The standard InChI is InChI=1S/C21H24N4O3S2/c1-14(2)15-9-10-16(21(26)25-11-4-3-5-12-25)18(13-15)24-30(27,28)19-8-6-7-17-20(19)23-29-22-17/h6-10,13-14,24H,3-5,11-12H2,1-2H3. The number of anilines is 1. The lowest BCUT2D eigenvalue weighted by Crippen LogP contribution is -2.36. The monoisotopic (exact) mass is 444 g/mol. The van der Waals surface area contributed by atoms with E-state index >= 15 is 0 Å². The van der Waals surface area contributed by atoms with Gasteiger partial charge in [-0.05, 0) is 55.0 Å². The SMILES string of the molecule is CC(C)c1ccc(C(=O)N2CCCCC2)c(NS(=O)(=O)c2cccc3nsnc23)c1. The Morgan fingerprint density at radius 1 is 1.10 bits per heavy atom. The average Bonchev–Trinajstić information content (AvgIpc) is 3.22. The van der Waals surface area contributed by atoms with Crippen LogP contribution in [0.1, 0.15) is 54.9 Å². The van der Waals surface area contributed by atoms with Crippen LogP contribution in [0.5, 0.6) is 0 Å². The molecule has 1 saturated heterocycles. The van der Waals surface area contributed by atoms with Crippen LogP contribution < -0.4 is 4.72 Å². The second kappa shape index (κ2) is 8.31. The number of nitrogens with zero attached hydrogens (tertiary/aromatic N) is 3. The van der Waals surface area contributed by atoms with Gasteiger partial charge in [0.1, 0.15) is 15.9 Å². The Morgan fingerprint density at radius 3 is 2.60 bits per heavy atom. The van der Waals surface area contributed by atoms with Crippen molar-refractivity contribution < 1.29 is 13.2 Å². The summed E-state index contributed by atoms with van der Waals surface area (Å²) in [5.41, 5.74) is 2.49. The summed E-state index contributed by atoms with van der Waals surface area (Å²) >= 11 is 0.970. The number of benzene rings is 2. The van der Waals surface area contributed by atoms with E-state index in [4.69, 9.17) is 0 Å². The molecular weight excluding hydrogens is 420 g/mol. The van der Waals surface area contributed by atoms with Crippen molar-refractivity contribution in [3.63, 3.8) is 0 Å². The van der Waals surface area contributed by atoms with E-state index in [9.17, 15) is 13.2 Å². The van der Waals surface area contributed by atoms with Crippen LogP contribution in [-0.2, 0) is 10.0 Å². The second-order valence-electron chi connectivity index (χ2n) is 7.81. The first-order valence-corrected chi connectivity index (χ1v) is 12.3. The summed E-state index contributed by atoms with van der Waals surface area (Å²) in [7, 11) is -3.96. The van der Waals surface area contributed by atoms with Gasteiger partial charge < -0.3 is 4.90 Å². The third-order valence-corrected chi connectivity index (χ3v) is 7.31. The Bertz CT molecular complexity index is 1180. The number of rotatable bonds is 5. The molecular formula is C21H24N4O3S2. The molecule has 1 aliphatic heterocycles. The van der Waals surface area contributed by atoms with Crippen LogP contribution in [0, 0.1) is 0 Å². The van der Waals surface area contributed by atoms with Crippen molar-refractivity contribution in [1.82, 2.24) is 13.6 Å². The van der Waals surface area contributed by atoms with Crippen molar-refractivity contribution in [3.8, 4) is 0 Å². The molecule has 1 fully saturated rings. The van der Waals surface area contributed by atoms with Crippen LogP contribution in [0.25, 0.3) is 11.0 Å². The molecule has 158 valence electrons. The Kier molecular flexibility index (Phi) is 5.75. The van der Waals surface area contributed by atoms with Crippen LogP contribution in [0.2, 0.25) is 0 Å². The largest absolute Gasteiger partial charge is 0.339 e. The first kappa shape index (κ1) is 20.7. The van der Waals surface area contributed by atoms with E-state index in [1.165, 1.54) is 6.07 Å². The molecule has 1 amide bonds. The van der Waals surface area contributed by atoms with Gasteiger partial charge in [0.25, 0.3) is 15.9 Å². The highest BCUT2D eigenvalue weighted by atomic mass is 32.2. The summed E-state index contributed by atoms with van der Waals surface area (Å²) in [4.78, 5) is 15.0. The number of aromatic nitrogens is 2. The number of carbonyl (C=O) groups excluding carboxylic acids is 1. The molecule has 0 spiro atoms. The Hall–Kier alpha value is -2.52. The van der Waals surface area contributed by atoms with E-state index in [2.05, 4.69) is 13.5 Å². The quantitative estimate of drug-likeness (QED) is 0.635. The predicted octanol–water partition coefficient (Wildman–Crippen LogP) is 4.24. The number of fused-ring (bicyclic) bond motifs is 1. The van der Waals surface area contributed by atoms with Gasteiger partial charge in [-0.15, -0.1) is 0 Å². The van der Waals surface area contributed by atoms with Crippen molar-refractivity contribution in [3.05, 3.63) is 47.5 Å². The van der Waals surface area contributed by atoms with Gasteiger partial charge in [-0.25, -0.2) is 8.42 Å². The van der Waals surface area contributed by atoms with E-state index in [1.807, 2.05) is 19.9 Å². The highest BCUT2D eigenvalue weighted by Crippen LogP contribution is 2.29. The molecule has 0 bridgehead atoms. The van der Waals surface area contributed by atoms with Gasteiger partial charge in [-0.3, -0.25) is 9.52 Å². The molecule has 30 heavy (non-hydrogen) atoms. The molecule has 7 nitrogen and oxygen atoms in total. The number of piperidine rings is 1. The van der Waals surface area contributed by atoms with Crippen LogP contribution in [0.4, 0.5) is 5.69 Å². The lowest BCUT2D eigenvalue weighted by molar-refractivity contribution is 0.0725. The number of hydrogen-bond donors (Lipinski definition) is 1. The first-order chi connectivity index (χ1) is 14.4. The molecule has 0 saturated carbocycles. The minimum Gasteiger partial charge on any atom is -0.339 e. The molecule has 9 heteroatoms. The normalized spacial score (nSPS) is 15.0. The summed E-state index contributed by atoms with van der Waals surface area (Å²) in [6, 6.07) is 10.3. The fraction of sp³-hybridized carbons (Fsp3) is 0.381. The summed E-state index contributed by atoms with van der Waals surface area (Å²) in [5.74, 6) is 0.0507. The summed E-state index contributed by atoms with van der Waals surface area (Å²) in [5, 5.41) is 0. The van der Waals surface area contributed by atoms with Gasteiger partial charge in [0, 0.05) is 13.1 Å². The van der Waals surface area contributed by atoms with Gasteiger partial charge in [0.05, 0.1) is 23.0 Å². The summed E-state index contributed by atoms with van der Waals surface area (Å²) < 4.78 is 37.4. The molecule has 1 aromatic heterocycles. The molecule has 0 aliphatic carbocycles. The molecule has 0 radical (unpaired) electrons. The first-order valence-electron chi connectivity index (χ1n) is 10.0. The molecule has 0 unspecified atom stereocenters. The van der Waals surface area contributed by atoms with Crippen molar-refractivity contribution in [2.75, 3.05) is 17.8 Å². The fourth-order valence-corrected chi connectivity index (χ4v) is 5.50. The van der Waals surface area contributed by atoms with Crippen LogP contribution in [0.15, 0.2) is 41.3 Å². The Morgan fingerprint density at radius 2 is 1.87 bits per heavy atom. The van der Waals surface area contributed by atoms with E-state index in [0.717, 1.165) is 36.6 Å². The van der Waals surface area contributed by atoms with Gasteiger partial charge in [-0.2, -0.15) is 8.75 Å². The van der Waals surface area contributed by atoms with Crippen LogP contribution in [0.3, 0.4) is 0 Å².